The Morgan fingerprint density at radius 2 is 2.00 bits per heavy atom. The second-order valence-electron chi connectivity index (χ2n) is 4.14. The van der Waals surface area contributed by atoms with E-state index in [0.717, 1.165) is 12.0 Å². The monoisotopic (exact) mass is 169 g/mol. The third-order valence-electron chi connectivity index (χ3n) is 3.10. The Bertz CT molecular complexity index is 106. The Hall–Kier alpha value is -0.0400. The summed E-state index contributed by atoms with van der Waals surface area (Å²) in [6, 6.07) is 0.763. The van der Waals surface area contributed by atoms with E-state index in [1.54, 1.807) is 0 Å². The molecule has 0 unspecified atom stereocenters. The lowest BCUT2D eigenvalue weighted by Gasteiger charge is -2.20. The van der Waals surface area contributed by atoms with Crippen molar-refractivity contribution in [3.63, 3.8) is 0 Å². The largest absolute Gasteiger partial charge is 0.314 e. The zero-order chi connectivity index (χ0) is 8.81. The van der Waals surface area contributed by atoms with Gasteiger partial charge in [-0.1, -0.05) is 26.2 Å². The fourth-order valence-corrected chi connectivity index (χ4v) is 2.13. The summed E-state index contributed by atoms with van der Waals surface area (Å²) in [4.78, 5) is 0. The minimum Gasteiger partial charge on any atom is -0.314 e. The molecule has 1 nitrogen and oxygen atoms in total. The van der Waals surface area contributed by atoms with E-state index in [2.05, 4.69) is 19.2 Å². The Balaban J connectivity index is 2.05. The number of hydrogen-bond acceptors (Lipinski definition) is 1. The maximum atomic E-state index is 3.63. The average molecular weight is 169 g/mol. The predicted octanol–water partition coefficient (Wildman–Crippen LogP) is 2.95. The highest BCUT2D eigenvalue weighted by Crippen LogP contribution is 2.27. The number of unbranched alkanes of at least 4 members (excludes halogenated alkanes) is 1. The Kier molecular flexibility index (Phi) is 4.67. The van der Waals surface area contributed by atoms with Gasteiger partial charge in [-0.2, -0.15) is 0 Å². The summed E-state index contributed by atoms with van der Waals surface area (Å²) in [5, 5.41) is 3.63. The van der Waals surface area contributed by atoms with E-state index in [-0.39, 0.29) is 0 Å². The fraction of sp³-hybridized carbons (Fsp3) is 1.00. The molecule has 1 fully saturated rings. The van der Waals surface area contributed by atoms with Crippen molar-refractivity contribution in [1.29, 1.82) is 0 Å². The third-order valence-corrected chi connectivity index (χ3v) is 3.10. The van der Waals surface area contributed by atoms with E-state index in [1.807, 2.05) is 0 Å². The summed E-state index contributed by atoms with van der Waals surface area (Å²) >= 11 is 0. The summed E-state index contributed by atoms with van der Waals surface area (Å²) < 4.78 is 0. The molecule has 1 rings (SSSR count). The number of nitrogens with one attached hydrogen (secondary N) is 1. The second-order valence-corrected chi connectivity index (χ2v) is 4.14. The average Bonchev–Trinajstić information content (AvgIpc) is 2.56. The quantitative estimate of drug-likeness (QED) is 0.624. The van der Waals surface area contributed by atoms with E-state index in [1.165, 1.54) is 45.1 Å². The number of rotatable bonds is 5. The smallest absolute Gasteiger partial charge is 0.00669 e. The van der Waals surface area contributed by atoms with Gasteiger partial charge in [-0.15, -0.1) is 0 Å². The van der Waals surface area contributed by atoms with Crippen molar-refractivity contribution in [2.24, 2.45) is 5.92 Å². The molecule has 1 N–H and O–H groups in total. The molecule has 1 saturated carbocycles. The fourth-order valence-electron chi connectivity index (χ4n) is 2.13. The molecule has 1 heteroatoms. The van der Waals surface area contributed by atoms with Gasteiger partial charge < -0.3 is 5.32 Å². The van der Waals surface area contributed by atoms with E-state index < -0.39 is 0 Å². The third kappa shape index (κ3) is 3.14. The van der Waals surface area contributed by atoms with Gasteiger partial charge in [0.05, 0.1) is 0 Å². The summed E-state index contributed by atoms with van der Waals surface area (Å²) in [7, 11) is 0. The van der Waals surface area contributed by atoms with Crippen molar-refractivity contribution in [2.75, 3.05) is 6.54 Å². The molecule has 72 valence electrons. The molecular formula is C11H23N. The highest BCUT2D eigenvalue weighted by Gasteiger charge is 2.20. The first kappa shape index (κ1) is 10.0. The van der Waals surface area contributed by atoms with Gasteiger partial charge in [0.15, 0.2) is 0 Å². The zero-order valence-corrected chi connectivity index (χ0v) is 8.60. The molecule has 0 amide bonds. The van der Waals surface area contributed by atoms with Crippen LogP contribution >= 0.6 is 0 Å². The first-order chi connectivity index (χ1) is 5.84. The van der Waals surface area contributed by atoms with Gasteiger partial charge >= 0.3 is 0 Å². The highest BCUT2D eigenvalue weighted by atomic mass is 14.9. The Morgan fingerprint density at radius 3 is 2.58 bits per heavy atom. The van der Waals surface area contributed by atoms with E-state index >= 15 is 0 Å². The van der Waals surface area contributed by atoms with Crippen LogP contribution in [-0.4, -0.2) is 12.6 Å². The Morgan fingerprint density at radius 1 is 1.33 bits per heavy atom. The lowest BCUT2D eigenvalue weighted by Crippen LogP contribution is -2.32. The van der Waals surface area contributed by atoms with Crippen molar-refractivity contribution < 1.29 is 0 Å². The maximum absolute atomic E-state index is 3.63. The molecule has 0 spiro atoms. The molecule has 12 heavy (non-hydrogen) atoms. The molecular weight excluding hydrogens is 146 g/mol. The molecule has 0 aromatic heterocycles. The minimum absolute atomic E-state index is 0.763. The van der Waals surface area contributed by atoms with E-state index in [0.29, 0.717) is 0 Å². The van der Waals surface area contributed by atoms with Crippen molar-refractivity contribution >= 4 is 0 Å². The van der Waals surface area contributed by atoms with Crippen LogP contribution in [0.5, 0.6) is 0 Å². The van der Waals surface area contributed by atoms with Crippen LogP contribution in [0.3, 0.4) is 0 Å². The molecule has 0 bridgehead atoms. The van der Waals surface area contributed by atoms with Crippen LogP contribution in [0.15, 0.2) is 0 Å². The molecule has 0 radical (unpaired) electrons. The highest BCUT2D eigenvalue weighted by molar-refractivity contribution is 4.76. The van der Waals surface area contributed by atoms with E-state index in [4.69, 9.17) is 0 Å². The van der Waals surface area contributed by atoms with Crippen LogP contribution in [0.2, 0.25) is 0 Å². The van der Waals surface area contributed by atoms with Gasteiger partial charge in [-0.05, 0) is 38.6 Å². The van der Waals surface area contributed by atoms with Crippen LogP contribution < -0.4 is 5.32 Å². The van der Waals surface area contributed by atoms with Crippen LogP contribution in [0.4, 0.5) is 0 Å². The molecule has 0 aliphatic heterocycles. The standard InChI is InChI=1S/C11H23N/c1-3-4-9-12-10(2)11-7-5-6-8-11/h10-12H,3-9H2,1-2H3/t10-/m1/s1. The molecule has 0 aromatic rings. The van der Waals surface area contributed by atoms with Gasteiger partial charge in [0.1, 0.15) is 0 Å². The molecule has 1 atom stereocenters. The molecule has 0 saturated heterocycles. The van der Waals surface area contributed by atoms with Crippen LogP contribution in [0.25, 0.3) is 0 Å². The van der Waals surface area contributed by atoms with Gasteiger partial charge in [-0.3, -0.25) is 0 Å². The first-order valence-corrected chi connectivity index (χ1v) is 5.58. The predicted molar refractivity (Wildman–Crippen MR) is 54.3 cm³/mol. The van der Waals surface area contributed by atoms with Gasteiger partial charge in [0.25, 0.3) is 0 Å². The van der Waals surface area contributed by atoms with Gasteiger partial charge in [0.2, 0.25) is 0 Å². The van der Waals surface area contributed by atoms with Crippen LogP contribution in [0, 0.1) is 5.92 Å². The molecule has 1 aliphatic rings. The summed E-state index contributed by atoms with van der Waals surface area (Å²) in [5.41, 5.74) is 0. The molecule has 0 aromatic carbocycles. The lowest BCUT2D eigenvalue weighted by molar-refractivity contribution is 0.380. The second kappa shape index (κ2) is 5.58. The van der Waals surface area contributed by atoms with Crippen molar-refractivity contribution in [3.05, 3.63) is 0 Å². The summed E-state index contributed by atoms with van der Waals surface area (Å²) in [6.45, 7) is 5.82. The maximum Gasteiger partial charge on any atom is 0.00669 e. The van der Waals surface area contributed by atoms with Crippen molar-refractivity contribution in [1.82, 2.24) is 5.32 Å². The SMILES string of the molecule is CCCCN[C@H](C)C1CCCC1. The summed E-state index contributed by atoms with van der Waals surface area (Å²) in [6.07, 6.45) is 8.48. The van der Waals surface area contributed by atoms with Crippen molar-refractivity contribution in [2.45, 2.75) is 58.4 Å². The lowest BCUT2D eigenvalue weighted by atomic mass is 10.00. The van der Waals surface area contributed by atoms with Crippen LogP contribution in [-0.2, 0) is 0 Å². The van der Waals surface area contributed by atoms with E-state index in [9.17, 15) is 0 Å². The summed E-state index contributed by atoms with van der Waals surface area (Å²) in [5.74, 6) is 0.974. The number of hydrogen-bond donors (Lipinski definition) is 1. The van der Waals surface area contributed by atoms with Gasteiger partial charge in [-0.25, -0.2) is 0 Å². The van der Waals surface area contributed by atoms with Crippen molar-refractivity contribution in [3.8, 4) is 0 Å². The molecule has 0 heterocycles. The first-order valence-electron chi connectivity index (χ1n) is 5.58. The molecule has 1 aliphatic carbocycles. The topological polar surface area (TPSA) is 12.0 Å². The normalized spacial score (nSPS) is 21.5. The minimum atomic E-state index is 0.763. The zero-order valence-electron chi connectivity index (χ0n) is 8.60. The van der Waals surface area contributed by atoms with Crippen LogP contribution in [0.1, 0.15) is 52.4 Å². The van der Waals surface area contributed by atoms with Gasteiger partial charge in [0, 0.05) is 6.04 Å². The Labute approximate surface area is 76.9 Å².